The van der Waals surface area contributed by atoms with Crippen LogP contribution in [0, 0.1) is 5.92 Å². The van der Waals surface area contributed by atoms with Gasteiger partial charge >= 0.3 is 0 Å². The lowest BCUT2D eigenvalue weighted by atomic mass is 9.67. The van der Waals surface area contributed by atoms with E-state index >= 15 is 0 Å². The van der Waals surface area contributed by atoms with Gasteiger partial charge in [0.05, 0.1) is 15.7 Å². The van der Waals surface area contributed by atoms with Crippen molar-refractivity contribution in [3.63, 3.8) is 0 Å². The highest BCUT2D eigenvalue weighted by Gasteiger charge is 2.50. The molecule has 1 fully saturated rings. The minimum atomic E-state index is -1.46. The third-order valence-corrected chi connectivity index (χ3v) is 6.50. The second-order valence-corrected chi connectivity index (χ2v) is 7.84. The van der Waals surface area contributed by atoms with Gasteiger partial charge in [-0.15, -0.1) is 0 Å². The van der Waals surface area contributed by atoms with Crippen LogP contribution in [0.5, 0.6) is 0 Å². The maximum absolute atomic E-state index is 12.7. The number of carbonyl (C=O) groups is 1. The molecule has 1 aromatic carbocycles. The normalized spacial score (nSPS) is 31.4. The molecule has 4 rings (SSSR count). The van der Waals surface area contributed by atoms with Gasteiger partial charge < -0.3 is 10.0 Å². The fourth-order valence-electron chi connectivity index (χ4n) is 4.04. The standard InChI is InChI=1S/C18H19NO3S/c1-19-9-6-12(7-10-19)18(21)14-5-3-2-4-13(14)16(20)17-15(18)8-11-23(17)22/h2-5,8,11-12,21H,6-7,9-10H2,1H3. The largest absolute Gasteiger partial charge is 0.380 e. The Hall–Kier alpha value is -1.56. The number of hydrogen-bond acceptors (Lipinski definition) is 4. The molecule has 23 heavy (non-hydrogen) atoms. The Kier molecular flexibility index (Phi) is 3.41. The Bertz CT molecular complexity index is 774. The summed E-state index contributed by atoms with van der Waals surface area (Å²) in [6, 6.07) is 7.22. The van der Waals surface area contributed by atoms with Crippen LogP contribution in [0.3, 0.4) is 0 Å². The van der Waals surface area contributed by atoms with Crippen LogP contribution in [0.4, 0.5) is 0 Å². The van der Waals surface area contributed by atoms with Crippen LogP contribution in [-0.4, -0.2) is 40.1 Å². The minimum absolute atomic E-state index is 0.0256. The molecule has 2 atom stereocenters. The monoisotopic (exact) mass is 329 g/mol. The van der Waals surface area contributed by atoms with E-state index in [4.69, 9.17) is 0 Å². The number of carbonyl (C=O) groups excluding carboxylic acids is 1. The second-order valence-electron chi connectivity index (χ2n) is 6.56. The van der Waals surface area contributed by atoms with Gasteiger partial charge in [-0.05, 0) is 50.5 Å². The SMILES string of the molecule is CN1CCC(C2(O)C3=C(C(=O)c4ccccc42)S(=O)C=C3)CC1. The number of likely N-dealkylation sites (tertiary alicyclic amines) is 1. The number of aliphatic hydroxyl groups is 1. The maximum Gasteiger partial charge on any atom is 0.203 e. The van der Waals surface area contributed by atoms with Gasteiger partial charge in [-0.2, -0.15) is 0 Å². The predicted octanol–water partition coefficient (Wildman–Crippen LogP) is 1.94. The number of ketones is 1. The Morgan fingerprint density at radius 2 is 1.96 bits per heavy atom. The number of benzene rings is 1. The predicted molar refractivity (Wildman–Crippen MR) is 89.2 cm³/mol. The van der Waals surface area contributed by atoms with E-state index in [1.165, 1.54) is 5.41 Å². The summed E-state index contributed by atoms with van der Waals surface area (Å²) in [5.74, 6) is -0.186. The van der Waals surface area contributed by atoms with Gasteiger partial charge in [0.15, 0.2) is 0 Å². The third kappa shape index (κ3) is 2.04. The lowest BCUT2D eigenvalue weighted by Crippen LogP contribution is -2.46. The number of rotatable bonds is 1. The Morgan fingerprint density at radius 3 is 2.70 bits per heavy atom. The van der Waals surface area contributed by atoms with Crippen LogP contribution in [0.2, 0.25) is 0 Å². The smallest absolute Gasteiger partial charge is 0.203 e. The fourth-order valence-corrected chi connectivity index (χ4v) is 5.17. The molecule has 4 nitrogen and oxygen atoms in total. The van der Waals surface area contributed by atoms with Crippen molar-refractivity contribution in [3.05, 3.63) is 57.4 Å². The first-order valence-corrected chi connectivity index (χ1v) is 9.13. The summed E-state index contributed by atoms with van der Waals surface area (Å²) in [6.07, 6.45) is 3.40. The van der Waals surface area contributed by atoms with E-state index < -0.39 is 16.4 Å². The number of fused-ring (bicyclic) bond motifs is 1. The molecule has 2 unspecified atom stereocenters. The van der Waals surface area contributed by atoms with Crippen molar-refractivity contribution in [3.8, 4) is 0 Å². The Morgan fingerprint density at radius 1 is 1.26 bits per heavy atom. The van der Waals surface area contributed by atoms with Crippen molar-refractivity contribution in [1.82, 2.24) is 4.90 Å². The van der Waals surface area contributed by atoms with E-state index in [9.17, 15) is 14.1 Å². The van der Waals surface area contributed by atoms with E-state index in [1.54, 1.807) is 18.2 Å². The van der Waals surface area contributed by atoms with Crippen LogP contribution in [-0.2, 0) is 16.4 Å². The van der Waals surface area contributed by atoms with Crippen molar-refractivity contribution >= 4 is 16.6 Å². The van der Waals surface area contributed by atoms with Crippen LogP contribution in [0.15, 0.2) is 46.2 Å². The summed E-state index contributed by atoms with van der Waals surface area (Å²) in [6.45, 7) is 1.83. The zero-order valence-electron chi connectivity index (χ0n) is 13.0. The average Bonchev–Trinajstić information content (AvgIpc) is 2.96. The van der Waals surface area contributed by atoms with Gasteiger partial charge in [0.25, 0.3) is 0 Å². The molecule has 0 saturated carbocycles. The molecule has 2 aliphatic heterocycles. The topological polar surface area (TPSA) is 57.6 Å². The number of Topliss-reactive ketones (excluding diaryl/α,β-unsaturated/α-hetero) is 1. The van der Waals surface area contributed by atoms with Crippen LogP contribution in [0.25, 0.3) is 0 Å². The van der Waals surface area contributed by atoms with Gasteiger partial charge in [-0.3, -0.25) is 4.79 Å². The van der Waals surface area contributed by atoms with Crippen molar-refractivity contribution in [1.29, 1.82) is 0 Å². The van der Waals surface area contributed by atoms with E-state index in [1.807, 2.05) is 12.1 Å². The molecule has 1 saturated heterocycles. The van der Waals surface area contributed by atoms with Gasteiger partial charge in [-0.1, -0.05) is 24.3 Å². The molecule has 120 valence electrons. The Balaban J connectivity index is 1.91. The highest BCUT2D eigenvalue weighted by molar-refractivity contribution is 7.93. The minimum Gasteiger partial charge on any atom is -0.380 e. The van der Waals surface area contributed by atoms with Crippen LogP contribution in [0.1, 0.15) is 28.8 Å². The summed E-state index contributed by atoms with van der Waals surface area (Å²) < 4.78 is 12.3. The lowest BCUT2D eigenvalue weighted by molar-refractivity contribution is -0.0134. The quantitative estimate of drug-likeness (QED) is 0.855. The molecule has 2 heterocycles. The van der Waals surface area contributed by atoms with Crippen LogP contribution >= 0.6 is 0 Å². The highest BCUT2D eigenvalue weighted by atomic mass is 32.2. The third-order valence-electron chi connectivity index (χ3n) is 5.31. The Labute approximate surface area is 138 Å². The van der Waals surface area contributed by atoms with Crippen molar-refractivity contribution < 1.29 is 14.1 Å². The molecule has 1 aromatic rings. The maximum atomic E-state index is 12.7. The van der Waals surface area contributed by atoms with E-state index in [2.05, 4.69) is 11.9 Å². The number of nitrogens with zero attached hydrogens (tertiary/aromatic N) is 1. The van der Waals surface area contributed by atoms with E-state index in [0.717, 1.165) is 25.9 Å². The molecule has 1 aliphatic carbocycles. The molecule has 0 bridgehead atoms. The molecule has 3 aliphatic rings. The van der Waals surface area contributed by atoms with E-state index in [0.29, 0.717) is 16.7 Å². The second kappa shape index (κ2) is 5.23. The first-order chi connectivity index (χ1) is 11.0. The molecule has 1 N–H and O–H groups in total. The average molecular weight is 329 g/mol. The summed E-state index contributed by atoms with van der Waals surface area (Å²) in [7, 11) is 0.622. The molecule has 0 spiro atoms. The zero-order chi connectivity index (χ0) is 16.2. The van der Waals surface area contributed by atoms with Gasteiger partial charge in [0.1, 0.15) is 5.60 Å². The number of piperidine rings is 1. The lowest BCUT2D eigenvalue weighted by Gasteiger charge is -2.44. The molecule has 5 heteroatoms. The summed E-state index contributed by atoms with van der Waals surface area (Å²) in [4.78, 5) is 15.2. The van der Waals surface area contributed by atoms with Gasteiger partial charge in [-0.25, -0.2) is 4.21 Å². The van der Waals surface area contributed by atoms with Gasteiger partial charge in [0, 0.05) is 16.5 Å². The summed E-state index contributed by atoms with van der Waals surface area (Å²) >= 11 is 0. The van der Waals surface area contributed by atoms with Gasteiger partial charge in [0.2, 0.25) is 5.78 Å². The molecule has 0 amide bonds. The molecular weight excluding hydrogens is 310 g/mol. The first kappa shape index (κ1) is 15.0. The van der Waals surface area contributed by atoms with Crippen LogP contribution < -0.4 is 0 Å². The molecule has 0 radical (unpaired) electrons. The molecular formula is C18H19NO3S. The highest BCUT2D eigenvalue weighted by Crippen LogP contribution is 2.50. The number of allylic oxidation sites excluding steroid dienone is 1. The van der Waals surface area contributed by atoms with Crippen molar-refractivity contribution in [2.45, 2.75) is 18.4 Å². The zero-order valence-corrected chi connectivity index (χ0v) is 13.8. The molecule has 0 aromatic heterocycles. The first-order valence-electron chi connectivity index (χ1n) is 7.92. The van der Waals surface area contributed by atoms with Crippen molar-refractivity contribution in [2.75, 3.05) is 20.1 Å². The fraction of sp³-hybridized carbons (Fsp3) is 0.389. The van der Waals surface area contributed by atoms with E-state index in [-0.39, 0.29) is 16.6 Å². The summed E-state index contributed by atoms with van der Waals surface area (Å²) in [5.41, 5.74) is 0.490. The number of hydrogen-bond donors (Lipinski definition) is 1. The van der Waals surface area contributed by atoms with Crippen molar-refractivity contribution in [2.24, 2.45) is 5.92 Å². The summed E-state index contributed by atoms with van der Waals surface area (Å²) in [5, 5.41) is 13.2.